The number of fused-ring (bicyclic) bond motifs is 1. The molecule has 1 N–H and O–H groups in total. The van der Waals surface area contributed by atoms with Gasteiger partial charge in [0.1, 0.15) is 0 Å². The van der Waals surface area contributed by atoms with Crippen LogP contribution in [0.5, 0.6) is 0 Å². The van der Waals surface area contributed by atoms with Crippen LogP contribution in [0.2, 0.25) is 0 Å². The van der Waals surface area contributed by atoms with Crippen molar-refractivity contribution < 1.29 is 0 Å². The summed E-state index contributed by atoms with van der Waals surface area (Å²) in [6.45, 7) is 1.97. The second-order valence-corrected chi connectivity index (χ2v) is 6.00. The fourth-order valence-electron chi connectivity index (χ4n) is 3.39. The van der Waals surface area contributed by atoms with Crippen molar-refractivity contribution in [3.63, 3.8) is 0 Å². The smallest absolute Gasteiger partial charge is 0.0998 e. The second-order valence-electron chi connectivity index (χ2n) is 6.00. The molecular weight excluding hydrogens is 258 g/mol. The van der Waals surface area contributed by atoms with Crippen LogP contribution in [0, 0.1) is 11.3 Å². The van der Waals surface area contributed by atoms with Gasteiger partial charge in [-0.1, -0.05) is 31.7 Å². The lowest BCUT2D eigenvalue weighted by atomic mass is 10.1. The zero-order valence-electron chi connectivity index (χ0n) is 12.5. The number of nitriles is 1. The van der Waals surface area contributed by atoms with Crippen LogP contribution in [0.15, 0.2) is 30.5 Å². The molecule has 0 aliphatic heterocycles. The predicted molar refractivity (Wildman–Crippen MR) is 86.1 cm³/mol. The van der Waals surface area contributed by atoms with Crippen molar-refractivity contribution in [3.8, 4) is 6.07 Å². The van der Waals surface area contributed by atoms with E-state index < -0.39 is 0 Å². The molecule has 110 valence electrons. The number of rotatable bonds is 4. The third-order valence-electron chi connectivity index (χ3n) is 4.58. The largest absolute Gasteiger partial charge is 0.346 e. The van der Waals surface area contributed by atoms with Gasteiger partial charge in [-0.3, -0.25) is 0 Å². The minimum absolute atomic E-state index is 0.698. The van der Waals surface area contributed by atoms with Crippen molar-refractivity contribution >= 4 is 10.9 Å². The highest BCUT2D eigenvalue weighted by atomic mass is 15.0. The normalized spacial score (nSPS) is 16.7. The number of hydrogen-bond donors (Lipinski definition) is 1. The molecule has 0 bridgehead atoms. The highest BCUT2D eigenvalue weighted by Gasteiger charge is 2.11. The van der Waals surface area contributed by atoms with Crippen LogP contribution in [0.1, 0.15) is 44.1 Å². The maximum absolute atomic E-state index is 9.15. The van der Waals surface area contributed by atoms with Gasteiger partial charge in [0.2, 0.25) is 0 Å². The van der Waals surface area contributed by atoms with E-state index in [9.17, 15) is 0 Å². The Morgan fingerprint density at radius 2 is 1.95 bits per heavy atom. The molecule has 0 amide bonds. The molecule has 0 unspecified atom stereocenters. The third-order valence-corrected chi connectivity index (χ3v) is 4.58. The van der Waals surface area contributed by atoms with Gasteiger partial charge in [0.25, 0.3) is 0 Å². The van der Waals surface area contributed by atoms with E-state index in [-0.39, 0.29) is 0 Å². The summed E-state index contributed by atoms with van der Waals surface area (Å²) in [6, 6.07) is 11.0. The second kappa shape index (κ2) is 6.78. The molecule has 1 aliphatic carbocycles. The molecule has 0 spiro atoms. The summed E-state index contributed by atoms with van der Waals surface area (Å²) in [4.78, 5) is 0. The Morgan fingerprint density at radius 3 is 2.71 bits per heavy atom. The van der Waals surface area contributed by atoms with Gasteiger partial charge in [-0.05, 0) is 31.0 Å². The number of benzene rings is 1. The summed E-state index contributed by atoms with van der Waals surface area (Å²) in [5.74, 6) is 0. The van der Waals surface area contributed by atoms with Crippen LogP contribution in [-0.4, -0.2) is 17.2 Å². The lowest BCUT2D eigenvalue weighted by Gasteiger charge is -2.16. The fourth-order valence-corrected chi connectivity index (χ4v) is 3.39. The quantitative estimate of drug-likeness (QED) is 0.865. The Kier molecular flexibility index (Phi) is 4.57. The zero-order valence-corrected chi connectivity index (χ0v) is 12.5. The van der Waals surface area contributed by atoms with Crippen LogP contribution in [0.3, 0.4) is 0 Å². The first-order valence-electron chi connectivity index (χ1n) is 8.10. The van der Waals surface area contributed by atoms with E-state index in [1.165, 1.54) is 38.5 Å². The maximum Gasteiger partial charge on any atom is 0.0998 e. The van der Waals surface area contributed by atoms with Crippen LogP contribution in [-0.2, 0) is 6.54 Å². The molecule has 3 rings (SSSR count). The lowest BCUT2D eigenvalue weighted by molar-refractivity contribution is 0.447. The van der Waals surface area contributed by atoms with Gasteiger partial charge in [0.15, 0.2) is 0 Å². The van der Waals surface area contributed by atoms with Crippen LogP contribution >= 0.6 is 0 Å². The molecule has 1 saturated carbocycles. The van der Waals surface area contributed by atoms with E-state index in [0.717, 1.165) is 29.6 Å². The van der Waals surface area contributed by atoms with Crippen molar-refractivity contribution in [1.82, 2.24) is 9.88 Å². The zero-order chi connectivity index (χ0) is 14.5. The van der Waals surface area contributed by atoms with Crippen LogP contribution in [0.4, 0.5) is 0 Å². The minimum Gasteiger partial charge on any atom is -0.346 e. The van der Waals surface area contributed by atoms with Gasteiger partial charge in [-0.25, -0.2) is 0 Å². The molecule has 1 aromatic heterocycles. The summed E-state index contributed by atoms with van der Waals surface area (Å²) in [5.41, 5.74) is 1.93. The van der Waals surface area contributed by atoms with E-state index in [1.807, 2.05) is 12.1 Å². The first-order valence-corrected chi connectivity index (χ1v) is 8.10. The monoisotopic (exact) mass is 281 g/mol. The van der Waals surface area contributed by atoms with E-state index in [1.54, 1.807) is 0 Å². The number of hydrogen-bond acceptors (Lipinski definition) is 2. The van der Waals surface area contributed by atoms with Crippen LogP contribution < -0.4 is 5.32 Å². The van der Waals surface area contributed by atoms with Gasteiger partial charge < -0.3 is 9.88 Å². The topological polar surface area (TPSA) is 40.8 Å². The molecule has 3 heteroatoms. The number of nitrogens with zero attached hydrogens (tertiary/aromatic N) is 2. The van der Waals surface area contributed by atoms with Crippen molar-refractivity contribution in [2.45, 2.75) is 51.1 Å². The van der Waals surface area contributed by atoms with E-state index >= 15 is 0 Å². The van der Waals surface area contributed by atoms with Crippen molar-refractivity contribution in [2.75, 3.05) is 6.54 Å². The average molecular weight is 281 g/mol. The summed E-state index contributed by atoms with van der Waals surface area (Å²) in [5, 5.41) is 13.9. The van der Waals surface area contributed by atoms with E-state index in [4.69, 9.17) is 5.26 Å². The SMILES string of the molecule is N#Cc1cccc2c1ccn2CCNC1CCCCCC1. The van der Waals surface area contributed by atoms with Crippen molar-refractivity contribution in [3.05, 3.63) is 36.0 Å². The molecule has 0 atom stereocenters. The Hall–Kier alpha value is -1.79. The molecule has 1 fully saturated rings. The molecule has 0 radical (unpaired) electrons. The van der Waals surface area contributed by atoms with Gasteiger partial charge >= 0.3 is 0 Å². The standard InChI is InChI=1S/C18H23N3/c19-14-15-6-5-9-18-17(15)10-12-21(18)13-11-20-16-7-3-1-2-4-8-16/h5-6,9-10,12,16,20H,1-4,7-8,11,13H2. The maximum atomic E-state index is 9.15. The molecule has 1 heterocycles. The molecule has 1 aromatic carbocycles. The molecule has 0 saturated heterocycles. The highest BCUT2D eigenvalue weighted by Crippen LogP contribution is 2.20. The highest BCUT2D eigenvalue weighted by molar-refractivity contribution is 5.85. The van der Waals surface area contributed by atoms with Gasteiger partial charge in [0, 0.05) is 36.2 Å². The first-order chi connectivity index (χ1) is 10.4. The molecule has 3 nitrogen and oxygen atoms in total. The summed E-state index contributed by atoms with van der Waals surface area (Å²) in [7, 11) is 0. The predicted octanol–water partition coefficient (Wildman–Crippen LogP) is 3.83. The van der Waals surface area contributed by atoms with E-state index in [0.29, 0.717) is 6.04 Å². The third kappa shape index (κ3) is 3.28. The van der Waals surface area contributed by atoms with Gasteiger partial charge in [0.05, 0.1) is 11.6 Å². The Labute approximate surface area is 126 Å². The Bertz CT molecular complexity index is 627. The first kappa shape index (κ1) is 14.2. The Morgan fingerprint density at radius 1 is 1.14 bits per heavy atom. The minimum atomic E-state index is 0.698. The van der Waals surface area contributed by atoms with Gasteiger partial charge in [-0.2, -0.15) is 5.26 Å². The average Bonchev–Trinajstić information content (AvgIpc) is 2.75. The molecule has 2 aromatic rings. The Balaban J connectivity index is 1.62. The van der Waals surface area contributed by atoms with Crippen molar-refractivity contribution in [2.24, 2.45) is 0 Å². The lowest BCUT2D eigenvalue weighted by Crippen LogP contribution is -2.31. The molecular formula is C18H23N3. The summed E-state index contributed by atoms with van der Waals surface area (Å²) < 4.78 is 2.25. The number of nitrogens with one attached hydrogen (secondary N) is 1. The van der Waals surface area contributed by atoms with Crippen molar-refractivity contribution in [1.29, 1.82) is 5.26 Å². The number of aromatic nitrogens is 1. The summed E-state index contributed by atoms with van der Waals surface area (Å²) in [6.07, 6.45) is 10.3. The van der Waals surface area contributed by atoms with E-state index in [2.05, 4.69) is 34.3 Å². The molecule has 21 heavy (non-hydrogen) atoms. The fraction of sp³-hybridized carbons (Fsp3) is 0.500. The summed E-state index contributed by atoms with van der Waals surface area (Å²) >= 11 is 0. The molecule has 1 aliphatic rings. The van der Waals surface area contributed by atoms with Gasteiger partial charge in [-0.15, -0.1) is 0 Å². The van der Waals surface area contributed by atoms with Crippen LogP contribution in [0.25, 0.3) is 10.9 Å².